The third-order valence-electron chi connectivity index (χ3n) is 11.2. The lowest BCUT2D eigenvalue weighted by Gasteiger charge is -2.37. The number of nitrogens with one attached hydrogen (secondary N) is 1. The van der Waals surface area contributed by atoms with Crippen molar-refractivity contribution in [3.8, 4) is 0 Å². The molecule has 1 spiro atoms. The standard InChI is InChI=1S/C40H50N6O7S/c1-39(2,3)53-38(48)45-21-19-44(20-22-45)28-8-7-11-32(25-28)54(49,50)31-15-13-27(14-16-31)42-37-41-26-33-35(43-37)46(36(47)40(33)17-18-40)29-9-6-10-30(24-29)52-34-12-4-5-23-51-34/h7-8,11,13-16,25-26,29-30,34H,4-6,9-10,12,17-24H2,1-3H3,(H,41,42,43)/t29-,30-,34?/m1/s1. The van der Waals surface area contributed by atoms with E-state index in [1.165, 1.54) is 0 Å². The molecule has 2 saturated carbocycles. The number of aromatic nitrogens is 2. The van der Waals surface area contributed by atoms with E-state index in [1.807, 2.05) is 31.7 Å². The lowest BCUT2D eigenvalue weighted by molar-refractivity contribution is -0.193. The van der Waals surface area contributed by atoms with E-state index in [4.69, 9.17) is 19.2 Å². The van der Waals surface area contributed by atoms with E-state index < -0.39 is 20.9 Å². The monoisotopic (exact) mass is 758 g/mol. The van der Waals surface area contributed by atoms with Crippen molar-refractivity contribution in [2.24, 2.45) is 0 Å². The molecule has 5 aliphatic rings. The Labute approximate surface area is 317 Å². The smallest absolute Gasteiger partial charge is 0.410 e. The molecular weight excluding hydrogens is 709 g/mol. The molecule has 8 rings (SSSR count). The second-order valence-corrected chi connectivity index (χ2v) is 18.1. The minimum absolute atomic E-state index is 0.00820. The number of ether oxygens (including phenoxy) is 3. The first-order valence-corrected chi connectivity index (χ1v) is 20.8. The minimum atomic E-state index is -3.82. The quantitative estimate of drug-likeness (QED) is 0.275. The molecule has 2 aromatic carbocycles. The lowest BCUT2D eigenvalue weighted by atomic mass is 9.91. The number of piperazine rings is 1. The highest BCUT2D eigenvalue weighted by molar-refractivity contribution is 7.91. The van der Waals surface area contributed by atoms with Gasteiger partial charge < -0.3 is 29.3 Å². The van der Waals surface area contributed by atoms with Crippen molar-refractivity contribution in [1.82, 2.24) is 14.9 Å². The first-order valence-electron chi connectivity index (χ1n) is 19.3. The number of fused-ring (bicyclic) bond motifs is 2. The van der Waals surface area contributed by atoms with Gasteiger partial charge in [0.25, 0.3) is 0 Å². The maximum atomic E-state index is 13.9. The van der Waals surface area contributed by atoms with Gasteiger partial charge in [-0.15, -0.1) is 0 Å². The van der Waals surface area contributed by atoms with Crippen LogP contribution in [-0.2, 0) is 34.3 Å². The van der Waals surface area contributed by atoms with Crippen molar-refractivity contribution >= 4 is 45.0 Å². The summed E-state index contributed by atoms with van der Waals surface area (Å²) >= 11 is 0. The van der Waals surface area contributed by atoms with Crippen LogP contribution in [0.3, 0.4) is 0 Å². The predicted molar refractivity (Wildman–Crippen MR) is 203 cm³/mol. The second kappa shape index (κ2) is 14.4. The Hall–Kier alpha value is -4.27. The van der Waals surface area contributed by atoms with Gasteiger partial charge in [-0.25, -0.2) is 18.2 Å². The molecule has 14 heteroatoms. The highest BCUT2D eigenvalue weighted by Crippen LogP contribution is 2.58. The second-order valence-electron chi connectivity index (χ2n) is 16.2. The molecule has 54 heavy (non-hydrogen) atoms. The van der Waals surface area contributed by atoms with Crippen molar-refractivity contribution in [2.75, 3.05) is 47.9 Å². The fourth-order valence-electron chi connectivity index (χ4n) is 8.16. The molecule has 3 aromatic rings. The zero-order chi connectivity index (χ0) is 37.7. The summed E-state index contributed by atoms with van der Waals surface area (Å²) in [4.78, 5) is 42.0. The van der Waals surface area contributed by atoms with E-state index in [2.05, 4.69) is 15.2 Å². The van der Waals surface area contributed by atoms with E-state index in [-0.39, 0.29) is 40.2 Å². The van der Waals surface area contributed by atoms with Crippen LogP contribution in [0.25, 0.3) is 0 Å². The summed E-state index contributed by atoms with van der Waals surface area (Å²) in [6, 6.07) is 13.5. The zero-order valence-electron chi connectivity index (χ0n) is 31.3. The van der Waals surface area contributed by atoms with Crippen molar-refractivity contribution in [3.63, 3.8) is 0 Å². The Morgan fingerprint density at radius 3 is 2.44 bits per heavy atom. The largest absolute Gasteiger partial charge is 0.444 e. The van der Waals surface area contributed by atoms with Gasteiger partial charge in [-0.2, -0.15) is 4.98 Å². The van der Waals surface area contributed by atoms with Crippen LogP contribution in [0.4, 0.5) is 27.9 Å². The number of carbonyl (C=O) groups is 2. The van der Waals surface area contributed by atoms with Crippen LogP contribution in [0.1, 0.15) is 84.1 Å². The summed E-state index contributed by atoms with van der Waals surface area (Å²) in [5.74, 6) is 1.13. The average molecular weight is 759 g/mol. The van der Waals surface area contributed by atoms with E-state index in [0.717, 1.165) is 75.6 Å². The highest BCUT2D eigenvalue weighted by Gasteiger charge is 2.61. The SMILES string of the molecule is CC(C)(C)OC(=O)N1CCN(c2cccc(S(=O)(=O)c3ccc(Nc4ncc5c(n4)N([C@@H]4CCC[C@@H](OC6CCCCO6)C4)C(=O)C54CC4)cc3)c2)CC1. The van der Waals surface area contributed by atoms with Crippen LogP contribution < -0.4 is 15.1 Å². The predicted octanol–water partition coefficient (Wildman–Crippen LogP) is 6.34. The number of anilines is 4. The van der Waals surface area contributed by atoms with Crippen molar-refractivity contribution in [3.05, 3.63) is 60.3 Å². The van der Waals surface area contributed by atoms with Crippen LogP contribution in [-0.4, -0.2) is 92.1 Å². The molecule has 13 nitrogen and oxygen atoms in total. The fourth-order valence-corrected chi connectivity index (χ4v) is 9.46. The van der Waals surface area contributed by atoms with Gasteiger partial charge in [-0.05, 0) is 121 Å². The number of hydrogen-bond acceptors (Lipinski definition) is 11. The van der Waals surface area contributed by atoms with Gasteiger partial charge in [0.05, 0.1) is 21.3 Å². The maximum Gasteiger partial charge on any atom is 0.410 e. The summed E-state index contributed by atoms with van der Waals surface area (Å²) in [5, 5.41) is 3.24. The number of nitrogens with zero attached hydrogens (tertiary/aromatic N) is 5. The number of amides is 2. The topological polar surface area (TPSA) is 144 Å². The normalized spacial score (nSPS) is 24.0. The molecule has 0 radical (unpaired) electrons. The average Bonchev–Trinajstić information content (AvgIpc) is 3.93. The summed E-state index contributed by atoms with van der Waals surface area (Å²) in [5.41, 5.74) is 1.22. The van der Waals surface area contributed by atoms with Gasteiger partial charge in [0.1, 0.15) is 11.4 Å². The van der Waals surface area contributed by atoms with E-state index in [0.29, 0.717) is 43.6 Å². The van der Waals surface area contributed by atoms with E-state index >= 15 is 0 Å². The first kappa shape index (κ1) is 36.7. The Balaban J connectivity index is 0.937. The van der Waals surface area contributed by atoms with Crippen molar-refractivity contribution in [1.29, 1.82) is 0 Å². The van der Waals surface area contributed by atoms with Crippen LogP contribution in [0.5, 0.6) is 0 Å². The highest BCUT2D eigenvalue weighted by atomic mass is 32.2. The number of carbonyl (C=O) groups excluding carboxylic acids is 2. The van der Waals surface area contributed by atoms with Crippen molar-refractivity contribution in [2.45, 2.75) is 118 Å². The molecule has 4 heterocycles. The third-order valence-corrected chi connectivity index (χ3v) is 12.9. The van der Waals surface area contributed by atoms with Crippen LogP contribution in [0.2, 0.25) is 0 Å². The molecule has 3 aliphatic heterocycles. The first-order chi connectivity index (χ1) is 25.9. The molecule has 1 N–H and O–H groups in total. The number of sulfone groups is 1. The van der Waals surface area contributed by atoms with Gasteiger partial charge in [0, 0.05) is 62.0 Å². The summed E-state index contributed by atoms with van der Waals surface area (Å²) in [6.07, 6.45) is 9.58. The summed E-state index contributed by atoms with van der Waals surface area (Å²) < 4.78 is 45.3. The summed E-state index contributed by atoms with van der Waals surface area (Å²) in [7, 11) is -3.82. The molecule has 3 atom stereocenters. The molecule has 2 aliphatic carbocycles. The number of benzene rings is 2. The Morgan fingerprint density at radius 1 is 0.963 bits per heavy atom. The Bertz CT molecular complexity index is 1980. The minimum Gasteiger partial charge on any atom is -0.444 e. The Morgan fingerprint density at radius 2 is 1.74 bits per heavy atom. The fraction of sp³-hybridized carbons (Fsp3) is 0.550. The number of hydrogen-bond donors (Lipinski definition) is 1. The molecule has 0 bridgehead atoms. The molecule has 1 aromatic heterocycles. The third kappa shape index (κ3) is 7.39. The maximum absolute atomic E-state index is 13.9. The van der Waals surface area contributed by atoms with Crippen LogP contribution >= 0.6 is 0 Å². The molecule has 2 saturated heterocycles. The van der Waals surface area contributed by atoms with Crippen molar-refractivity contribution < 1.29 is 32.2 Å². The lowest BCUT2D eigenvalue weighted by Crippen LogP contribution is -2.50. The van der Waals surface area contributed by atoms with Gasteiger partial charge in [-0.3, -0.25) is 9.69 Å². The van der Waals surface area contributed by atoms with Crippen LogP contribution in [0.15, 0.2) is 64.5 Å². The molecule has 1 unspecified atom stereocenters. The molecule has 2 amide bonds. The van der Waals surface area contributed by atoms with E-state index in [1.54, 1.807) is 53.6 Å². The zero-order valence-corrected chi connectivity index (χ0v) is 32.1. The molecule has 4 fully saturated rings. The Kier molecular flexibility index (Phi) is 9.80. The van der Waals surface area contributed by atoms with Gasteiger partial charge in [0.15, 0.2) is 6.29 Å². The van der Waals surface area contributed by atoms with E-state index in [9.17, 15) is 18.0 Å². The van der Waals surface area contributed by atoms with Crippen LogP contribution in [0, 0.1) is 0 Å². The molecular formula is C40H50N6O7S. The number of rotatable bonds is 8. The van der Waals surface area contributed by atoms with Gasteiger partial charge in [-0.1, -0.05) is 6.07 Å². The molecule has 288 valence electrons. The summed E-state index contributed by atoms with van der Waals surface area (Å²) in [6.45, 7) is 8.35. The van der Waals surface area contributed by atoms with Gasteiger partial charge >= 0.3 is 6.09 Å². The van der Waals surface area contributed by atoms with Gasteiger partial charge in [0.2, 0.25) is 21.7 Å².